The highest BCUT2D eigenvalue weighted by Gasteiger charge is 2.46. The molecule has 1 heterocycles. The lowest BCUT2D eigenvalue weighted by atomic mass is 10.1. The van der Waals surface area contributed by atoms with Gasteiger partial charge in [0.25, 0.3) is 0 Å². The lowest BCUT2D eigenvalue weighted by molar-refractivity contribution is 0.432. The van der Waals surface area contributed by atoms with E-state index in [0.717, 1.165) is 5.41 Å². The summed E-state index contributed by atoms with van der Waals surface area (Å²) in [7, 11) is 0. The Labute approximate surface area is 56.4 Å². The summed E-state index contributed by atoms with van der Waals surface area (Å²) < 4.78 is 0. The molecular weight excluding hydrogens is 110 g/mol. The number of hydrogen-bond acceptors (Lipinski definition) is 1. The molecule has 0 radical (unpaired) electrons. The lowest BCUT2D eigenvalue weighted by Crippen LogP contribution is -2.12. The second kappa shape index (κ2) is 1.53. The van der Waals surface area contributed by atoms with Crippen LogP contribution < -0.4 is 0 Å². The van der Waals surface area contributed by atoms with Crippen LogP contribution in [0.3, 0.4) is 0 Å². The zero-order valence-electron chi connectivity index (χ0n) is 5.77. The molecule has 0 bridgehead atoms. The second-order valence-electron chi connectivity index (χ2n) is 3.40. The Morgan fingerprint density at radius 3 is 2.44 bits per heavy atom. The van der Waals surface area contributed by atoms with Crippen molar-refractivity contribution in [3.8, 4) is 0 Å². The van der Waals surface area contributed by atoms with Gasteiger partial charge in [-0.1, -0.05) is 6.58 Å². The number of hydrogen-bond donors (Lipinski definition) is 0. The third-order valence-corrected chi connectivity index (χ3v) is 2.68. The molecule has 1 aliphatic heterocycles. The molecule has 1 spiro atoms. The van der Waals surface area contributed by atoms with Gasteiger partial charge in [-0.2, -0.15) is 0 Å². The molecule has 2 fully saturated rings. The molecule has 1 nitrogen and oxygen atoms in total. The Bertz CT molecular complexity index is 136. The van der Waals surface area contributed by atoms with Crippen molar-refractivity contribution in [2.24, 2.45) is 5.41 Å². The van der Waals surface area contributed by atoms with E-state index in [0.29, 0.717) is 0 Å². The van der Waals surface area contributed by atoms with E-state index in [2.05, 4.69) is 11.5 Å². The summed E-state index contributed by atoms with van der Waals surface area (Å²) in [5.41, 5.74) is 0.772. The van der Waals surface area contributed by atoms with Gasteiger partial charge >= 0.3 is 0 Å². The van der Waals surface area contributed by atoms with E-state index in [-0.39, 0.29) is 0 Å². The van der Waals surface area contributed by atoms with Crippen molar-refractivity contribution in [2.45, 2.75) is 19.3 Å². The predicted molar refractivity (Wildman–Crippen MR) is 38.1 cm³/mol. The summed E-state index contributed by atoms with van der Waals surface area (Å²) in [5, 5.41) is 0. The van der Waals surface area contributed by atoms with Gasteiger partial charge in [0.2, 0.25) is 0 Å². The van der Waals surface area contributed by atoms with Crippen LogP contribution in [-0.2, 0) is 0 Å². The molecular formula is C8H13N. The zero-order chi connectivity index (χ0) is 6.32. The molecule has 9 heavy (non-hydrogen) atoms. The van der Waals surface area contributed by atoms with E-state index in [1.54, 1.807) is 0 Å². The maximum atomic E-state index is 3.76. The van der Waals surface area contributed by atoms with E-state index >= 15 is 0 Å². The summed E-state index contributed by atoms with van der Waals surface area (Å²) in [4.78, 5) is 2.34. The Morgan fingerprint density at radius 2 is 2.11 bits per heavy atom. The third kappa shape index (κ3) is 0.752. The van der Waals surface area contributed by atoms with Crippen molar-refractivity contribution in [1.29, 1.82) is 0 Å². The van der Waals surface area contributed by atoms with Crippen LogP contribution in [0.4, 0.5) is 0 Å². The van der Waals surface area contributed by atoms with E-state index in [1.807, 2.05) is 6.20 Å². The van der Waals surface area contributed by atoms with E-state index < -0.39 is 0 Å². The fourth-order valence-corrected chi connectivity index (χ4v) is 1.71. The normalized spacial score (nSPS) is 29.1. The maximum absolute atomic E-state index is 3.76. The first-order valence-electron chi connectivity index (χ1n) is 3.71. The standard InChI is InChI=1S/C8H13N/c1-2-9-6-5-8(7-9)3-4-8/h2H,1,3-7H2. The van der Waals surface area contributed by atoms with Crippen LogP contribution in [0, 0.1) is 5.41 Å². The highest BCUT2D eigenvalue weighted by atomic mass is 15.1. The van der Waals surface area contributed by atoms with Crippen LogP contribution in [0.15, 0.2) is 12.8 Å². The van der Waals surface area contributed by atoms with Crippen molar-refractivity contribution < 1.29 is 0 Å². The van der Waals surface area contributed by atoms with Gasteiger partial charge in [-0.25, -0.2) is 0 Å². The molecule has 0 unspecified atom stereocenters. The van der Waals surface area contributed by atoms with Crippen LogP contribution in [0.2, 0.25) is 0 Å². The van der Waals surface area contributed by atoms with E-state index in [4.69, 9.17) is 0 Å². The third-order valence-electron chi connectivity index (χ3n) is 2.68. The Balaban J connectivity index is 2.00. The summed E-state index contributed by atoms with van der Waals surface area (Å²) >= 11 is 0. The lowest BCUT2D eigenvalue weighted by Gasteiger charge is -2.10. The summed E-state index contributed by atoms with van der Waals surface area (Å²) in [6.45, 7) is 6.30. The summed E-state index contributed by atoms with van der Waals surface area (Å²) in [6, 6.07) is 0. The molecule has 1 aliphatic carbocycles. The Morgan fingerprint density at radius 1 is 1.33 bits per heavy atom. The summed E-state index contributed by atoms with van der Waals surface area (Å²) in [5.74, 6) is 0. The van der Waals surface area contributed by atoms with Crippen LogP contribution in [0.1, 0.15) is 19.3 Å². The highest BCUT2D eigenvalue weighted by Crippen LogP contribution is 2.52. The fraction of sp³-hybridized carbons (Fsp3) is 0.750. The van der Waals surface area contributed by atoms with Crippen molar-refractivity contribution in [3.63, 3.8) is 0 Å². The molecule has 2 aliphatic rings. The second-order valence-corrected chi connectivity index (χ2v) is 3.40. The molecule has 0 atom stereocenters. The molecule has 0 amide bonds. The minimum Gasteiger partial charge on any atom is -0.377 e. The topological polar surface area (TPSA) is 3.24 Å². The predicted octanol–water partition coefficient (Wildman–Crippen LogP) is 1.62. The van der Waals surface area contributed by atoms with Crippen molar-refractivity contribution >= 4 is 0 Å². The van der Waals surface area contributed by atoms with Gasteiger partial charge in [-0.15, -0.1) is 0 Å². The zero-order valence-corrected chi connectivity index (χ0v) is 5.77. The SMILES string of the molecule is C=CN1CCC2(CC2)C1. The van der Waals surface area contributed by atoms with Crippen LogP contribution in [0.5, 0.6) is 0 Å². The quantitative estimate of drug-likeness (QED) is 0.512. The van der Waals surface area contributed by atoms with Gasteiger partial charge in [0.05, 0.1) is 0 Å². The average molecular weight is 123 g/mol. The van der Waals surface area contributed by atoms with Gasteiger partial charge < -0.3 is 4.90 Å². The minimum absolute atomic E-state index is 0.772. The van der Waals surface area contributed by atoms with Gasteiger partial charge in [-0.3, -0.25) is 0 Å². The number of rotatable bonds is 1. The first-order valence-corrected chi connectivity index (χ1v) is 3.71. The highest BCUT2D eigenvalue weighted by molar-refractivity contribution is 5.02. The van der Waals surface area contributed by atoms with Crippen molar-refractivity contribution in [3.05, 3.63) is 12.8 Å². The van der Waals surface area contributed by atoms with E-state index in [9.17, 15) is 0 Å². The molecule has 2 rings (SSSR count). The van der Waals surface area contributed by atoms with Gasteiger partial charge in [0, 0.05) is 13.1 Å². The molecule has 50 valence electrons. The van der Waals surface area contributed by atoms with Crippen LogP contribution in [-0.4, -0.2) is 18.0 Å². The van der Waals surface area contributed by atoms with Crippen molar-refractivity contribution in [2.75, 3.05) is 13.1 Å². The number of likely N-dealkylation sites (tertiary alicyclic amines) is 1. The van der Waals surface area contributed by atoms with Crippen molar-refractivity contribution in [1.82, 2.24) is 4.90 Å². The Hall–Kier alpha value is -0.460. The smallest absolute Gasteiger partial charge is 0.0229 e. The molecule has 0 aromatic carbocycles. The first-order chi connectivity index (χ1) is 4.35. The fourth-order valence-electron chi connectivity index (χ4n) is 1.71. The first kappa shape index (κ1) is 5.33. The molecule has 1 heteroatoms. The molecule has 0 aromatic heterocycles. The number of nitrogens with zero attached hydrogens (tertiary/aromatic N) is 1. The minimum atomic E-state index is 0.772. The average Bonchev–Trinajstić information content (AvgIpc) is 2.44. The molecule has 0 aromatic rings. The summed E-state index contributed by atoms with van der Waals surface area (Å²) in [6.07, 6.45) is 6.33. The van der Waals surface area contributed by atoms with E-state index in [1.165, 1.54) is 32.4 Å². The van der Waals surface area contributed by atoms with Gasteiger partial charge in [-0.05, 0) is 30.9 Å². The maximum Gasteiger partial charge on any atom is 0.0229 e. The molecule has 0 N–H and O–H groups in total. The van der Waals surface area contributed by atoms with Crippen LogP contribution >= 0.6 is 0 Å². The largest absolute Gasteiger partial charge is 0.377 e. The molecule has 1 saturated carbocycles. The Kier molecular flexibility index (Phi) is 0.904. The van der Waals surface area contributed by atoms with Gasteiger partial charge in [0.1, 0.15) is 0 Å². The van der Waals surface area contributed by atoms with Crippen LogP contribution in [0.25, 0.3) is 0 Å². The monoisotopic (exact) mass is 123 g/mol. The van der Waals surface area contributed by atoms with Gasteiger partial charge in [0.15, 0.2) is 0 Å². The molecule has 1 saturated heterocycles.